The number of rotatable bonds is 4. The van der Waals surface area contributed by atoms with Crippen molar-refractivity contribution < 1.29 is 4.74 Å². The van der Waals surface area contributed by atoms with Gasteiger partial charge in [0.25, 0.3) is 0 Å². The third-order valence-electron chi connectivity index (χ3n) is 3.48. The zero-order chi connectivity index (χ0) is 13.9. The summed E-state index contributed by atoms with van der Waals surface area (Å²) in [4.78, 5) is 2.07. The highest BCUT2D eigenvalue weighted by atomic mass is 16.5. The fraction of sp³-hybridized carbons (Fsp3) is 0.533. The van der Waals surface area contributed by atoms with Crippen molar-refractivity contribution in [3.63, 3.8) is 0 Å². The number of aryl methyl sites for hydroxylation is 2. The van der Waals surface area contributed by atoms with Gasteiger partial charge in [-0.1, -0.05) is 6.07 Å². The van der Waals surface area contributed by atoms with Crippen molar-refractivity contribution in [3.8, 4) is 11.8 Å². The first-order chi connectivity index (χ1) is 8.43. The van der Waals surface area contributed by atoms with Crippen LogP contribution in [0.3, 0.4) is 0 Å². The Morgan fingerprint density at radius 2 is 1.89 bits per heavy atom. The molecule has 0 bridgehead atoms. The maximum Gasteiger partial charge on any atom is 0.127 e. The summed E-state index contributed by atoms with van der Waals surface area (Å²) >= 11 is 0. The van der Waals surface area contributed by atoms with E-state index >= 15 is 0 Å². The monoisotopic (exact) mass is 246 g/mol. The molecule has 1 aromatic rings. The first-order valence-corrected chi connectivity index (χ1v) is 6.12. The van der Waals surface area contributed by atoms with E-state index in [4.69, 9.17) is 10.00 Å². The van der Waals surface area contributed by atoms with Gasteiger partial charge in [-0.2, -0.15) is 5.26 Å². The Hall–Kier alpha value is -1.53. The predicted molar refractivity (Wildman–Crippen MR) is 73.9 cm³/mol. The lowest BCUT2D eigenvalue weighted by Gasteiger charge is -2.27. The van der Waals surface area contributed by atoms with E-state index in [1.165, 1.54) is 11.1 Å². The van der Waals surface area contributed by atoms with Crippen LogP contribution >= 0.6 is 0 Å². The highest BCUT2D eigenvalue weighted by molar-refractivity contribution is 5.51. The number of hydrogen-bond acceptors (Lipinski definition) is 3. The summed E-state index contributed by atoms with van der Waals surface area (Å²) in [6.45, 7) is 6.23. The standard InChI is InChI=1S/C15H22N2O/c1-10-9-11(2)14(15(18-6)12(10)3)13(7-8-16)17(4)5/h9,13H,7H2,1-6H3. The number of benzene rings is 1. The molecule has 0 aromatic heterocycles. The van der Waals surface area contributed by atoms with Crippen LogP contribution in [0, 0.1) is 32.1 Å². The minimum Gasteiger partial charge on any atom is -0.496 e. The molecule has 0 aliphatic heterocycles. The molecule has 1 unspecified atom stereocenters. The summed E-state index contributed by atoms with van der Waals surface area (Å²) in [5.41, 5.74) is 4.70. The molecular weight excluding hydrogens is 224 g/mol. The molecule has 1 rings (SSSR count). The lowest BCUT2D eigenvalue weighted by Crippen LogP contribution is -2.21. The average molecular weight is 246 g/mol. The van der Waals surface area contributed by atoms with Gasteiger partial charge < -0.3 is 9.64 Å². The molecule has 0 heterocycles. The van der Waals surface area contributed by atoms with E-state index in [-0.39, 0.29) is 6.04 Å². The van der Waals surface area contributed by atoms with Crippen LogP contribution in [-0.4, -0.2) is 26.1 Å². The zero-order valence-corrected chi connectivity index (χ0v) is 12.2. The molecule has 0 N–H and O–H groups in total. The van der Waals surface area contributed by atoms with Gasteiger partial charge in [0.05, 0.1) is 25.6 Å². The van der Waals surface area contributed by atoms with Gasteiger partial charge in [-0.15, -0.1) is 0 Å². The fourth-order valence-corrected chi connectivity index (χ4v) is 2.38. The molecule has 0 fully saturated rings. The molecule has 1 atom stereocenters. The second-order valence-corrected chi connectivity index (χ2v) is 4.92. The highest BCUT2D eigenvalue weighted by Crippen LogP contribution is 2.37. The Kier molecular flexibility index (Phi) is 4.75. The van der Waals surface area contributed by atoms with Crippen molar-refractivity contribution in [3.05, 3.63) is 28.3 Å². The van der Waals surface area contributed by atoms with E-state index in [2.05, 4.69) is 37.8 Å². The zero-order valence-electron chi connectivity index (χ0n) is 12.2. The minimum atomic E-state index is 0.0734. The van der Waals surface area contributed by atoms with Crippen LogP contribution in [0.2, 0.25) is 0 Å². The molecule has 18 heavy (non-hydrogen) atoms. The summed E-state index contributed by atoms with van der Waals surface area (Å²) in [5, 5.41) is 9.01. The van der Waals surface area contributed by atoms with Gasteiger partial charge in [-0.05, 0) is 51.6 Å². The van der Waals surface area contributed by atoms with Crippen LogP contribution in [0.4, 0.5) is 0 Å². The topological polar surface area (TPSA) is 36.3 Å². The SMILES string of the molecule is COc1c(C)c(C)cc(C)c1C(CC#N)N(C)C. The van der Waals surface area contributed by atoms with E-state index in [1.807, 2.05) is 14.1 Å². The third-order valence-corrected chi connectivity index (χ3v) is 3.48. The summed E-state index contributed by atoms with van der Waals surface area (Å²) in [5.74, 6) is 0.918. The van der Waals surface area contributed by atoms with E-state index in [1.54, 1.807) is 7.11 Å². The maximum absolute atomic E-state index is 9.01. The van der Waals surface area contributed by atoms with Crippen molar-refractivity contribution in [2.45, 2.75) is 33.2 Å². The molecule has 0 aliphatic rings. The van der Waals surface area contributed by atoms with Crippen LogP contribution in [-0.2, 0) is 0 Å². The first kappa shape index (κ1) is 14.5. The third kappa shape index (κ3) is 2.65. The number of ether oxygens (including phenoxy) is 1. The van der Waals surface area contributed by atoms with Crippen LogP contribution in [0.25, 0.3) is 0 Å². The Labute approximate surface area is 110 Å². The highest BCUT2D eigenvalue weighted by Gasteiger charge is 2.22. The molecule has 1 aromatic carbocycles. The fourth-order valence-electron chi connectivity index (χ4n) is 2.38. The largest absolute Gasteiger partial charge is 0.496 e. The smallest absolute Gasteiger partial charge is 0.127 e. The molecule has 0 amide bonds. The van der Waals surface area contributed by atoms with Gasteiger partial charge in [-0.25, -0.2) is 0 Å². The summed E-state index contributed by atoms with van der Waals surface area (Å²) in [6.07, 6.45) is 0.465. The minimum absolute atomic E-state index is 0.0734. The quantitative estimate of drug-likeness (QED) is 0.819. The molecule has 0 saturated carbocycles. The molecule has 0 radical (unpaired) electrons. The van der Waals surface area contributed by atoms with Gasteiger partial charge in [0.2, 0.25) is 0 Å². The summed E-state index contributed by atoms with van der Waals surface area (Å²) in [6, 6.07) is 4.50. The van der Waals surface area contributed by atoms with Gasteiger partial charge in [-0.3, -0.25) is 0 Å². The maximum atomic E-state index is 9.01. The van der Waals surface area contributed by atoms with Crippen LogP contribution in [0.15, 0.2) is 6.07 Å². The van der Waals surface area contributed by atoms with Crippen molar-refractivity contribution in [1.29, 1.82) is 5.26 Å². The molecule has 0 spiro atoms. The van der Waals surface area contributed by atoms with Crippen LogP contribution < -0.4 is 4.74 Å². The van der Waals surface area contributed by atoms with E-state index in [9.17, 15) is 0 Å². The van der Waals surface area contributed by atoms with E-state index < -0.39 is 0 Å². The van der Waals surface area contributed by atoms with Crippen molar-refractivity contribution in [2.24, 2.45) is 0 Å². The molecule has 3 heteroatoms. The van der Waals surface area contributed by atoms with Gasteiger partial charge in [0.15, 0.2) is 0 Å². The van der Waals surface area contributed by atoms with Crippen molar-refractivity contribution >= 4 is 0 Å². The number of nitriles is 1. The normalized spacial score (nSPS) is 12.3. The molecule has 0 aliphatic carbocycles. The Morgan fingerprint density at radius 3 is 2.33 bits per heavy atom. The number of nitrogens with zero attached hydrogens (tertiary/aromatic N) is 2. The lowest BCUT2D eigenvalue weighted by molar-refractivity contribution is 0.290. The Morgan fingerprint density at radius 1 is 1.28 bits per heavy atom. The van der Waals surface area contributed by atoms with Crippen LogP contribution in [0.1, 0.15) is 34.7 Å². The van der Waals surface area contributed by atoms with Gasteiger partial charge in [0, 0.05) is 5.56 Å². The Bertz CT molecular complexity index is 472. The molecule has 0 saturated heterocycles. The van der Waals surface area contributed by atoms with E-state index in [0.717, 1.165) is 16.9 Å². The van der Waals surface area contributed by atoms with Gasteiger partial charge in [0.1, 0.15) is 5.75 Å². The molecule has 98 valence electrons. The Balaban J connectivity index is 3.46. The number of methoxy groups -OCH3 is 1. The van der Waals surface area contributed by atoms with E-state index in [0.29, 0.717) is 6.42 Å². The van der Waals surface area contributed by atoms with Crippen molar-refractivity contribution in [1.82, 2.24) is 4.90 Å². The van der Waals surface area contributed by atoms with Crippen LogP contribution in [0.5, 0.6) is 5.75 Å². The van der Waals surface area contributed by atoms with Crippen molar-refractivity contribution in [2.75, 3.05) is 21.2 Å². The summed E-state index contributed by atoms with van der Waals surface area (Å²) < 4.78 is 5.58. The molecule has 3 nitrogen and oxygen atoms in total. The lowest BCUT2D eigenvalue weighted by atomic mass is 9.92. The average Bonchev–Trinajstić information content (AvgIpc) is 2.30. The molecular formula is C15H22N2O. The number of hydrogen-bond donors (Lipinski definition) is 0. The summed E-state index contributed by atoms with van der Waals surface area (Å²) in [7, 11) is 5.69. The predicted octanol–water partition coefficient (Wildman–Crippen LogP) is 3.14. The second kappa shape index (κ2) is 5.88. The van der Waals surface area contributed by atoms with Gasteiger partial charge >= 0.3 is 0 Å². The first-order valence-electron chi connectivity index (χ1n) is 6.12. The second-order valence-electron chi connectivity index (χ2n) is 4.92.